The highest BCUT2D eigenvalue weighted by Crippen LogP contribution is 2.24. The van der Waals surface area contributed by atoms with E-state index in [0.717, 1.165) is 25.9 Å². The minimum atomic E-state index is -0.521. The molecule has 0 spiro atoms. The molecule has 0 radical (unpaired) electrons. The Balaban J connectivity index is 2.21. The smallest absolute Gasteiger partial charge is 0.312 e. The van der Waals surface area contributed by atoms with Gasteiger partial charge in [-0.1, -0.05) is 0 Å². The molecule has 7 nitrogen and oxygen atoms in total. The van der Waals surface area contributed by atoms with E-state index in [9.17, 15) is 10.1 Å². The van der Waals surface area contributed by atoms with Crippen LogP contribution < -0.4 is 10.6 Å². The molecule has 1 aromatic rings. The van der Waals surface area contributed by atoms with Crippen LogP contribution in [0, 0.1) is 21.4 Å². The quantitative estimate of drug-likeness (QED) is 0.610. The summed E-state index contributed by atoms with van der Waals surface area (Å²) < 4.78 is 0. The van der Waals surface area contributed by atoms with Gasteiger partial charge in [-0.15, -0.1) is 0 Å². The van der Waals surface area contributed by atoms with Crippen LogP contribution in [-0.2, 0) is 0 Å². The molecule has 1 aliphatic heterocycles. The zero-order chi connectivity index (χ0) is 13.0. The number of anilines is 1. The lowest BCUT2D eigenvalue weighted by Crippen LogP contribution is -2.38. The number of nitro groups is 1. The van der Waals surface area contributed by atoms with Crippen LogP contribution in [0.5, 0.6) is 0 Å². The maximum Gasteiger partial charge on any atom is 0.312 e. The van der Waals surface area contributed by atoms with Gasteiger partial charge < -0.3 is 10.6 Å². The highest BCUT2D eigenvalue weighted by molar-refractivity contribution is 5.58. The van der Waals surface area contributed by atoms with Crippen LogP contribution in [0.2, 0.25) is 0 Å². The molecular formula is C11H13N5O2. The molecule has 0 aromatic carbocycles. The van der Waals surface area contributed by atoms with Crippen LogP contribution >= 0.6 is 0 Å². The van der Waals surface area contributed by atoms with Crippen molar-refractivity contribution in [2.45, 2.75) is 18.9 Å². The summed E-state index contributed by atoms with van der Waals surface area (Å²) in [6.07, 6.45) is 3.32. The summed E-state index contributed by atoms with van der Waals surface area (Å²) >= 11 is 0. The predicted molar refractivity (Wildman–Crippen MR) is 65.1 cm³/mol. The zero-order valence-electron chi connectivity index (χ0n) is 9.72. The fourth-order valence-corrected chi connectivity index (χ4v) is 1.93. The third-order valence-electron chi connectivity index (χ3n) is 2.83. The van der Waals surface area contributed by atoms with Gasteiger partial charge in [0.2, 0.25) is 5.82 Å². The highest BCUT2D eigenvalue weighted by Gasteiger charge is 2.20. The van der Waals surface area contributed by atoms with Crippen LogP contribution in [0.1, 0.15) is 18.4 Å². The third kappa shape index (κ3) is 2.73. The first-order chi connectivity index (χ1) is 8.70. The summed E-state index contributed by atoms with van der Waals surface area (Å²) in [7, 11) is 0. The first-order valence-corrected chi connectivity index (χ1v) is 5.72. The van der Waals surface area contributed by atoms with E-state index < -0.39 is 4.92 Å². The summed E-state index contributed by atoms with van der Waals surface area (Å²) in [5.41, 5.74) is 0.0358. The van der Waals surface area contributed by atoms with Gasteiger partial charge in [-0.3, -0.25) is 10.1 Å². The van der Waals surface area contributed by atoms with Gasteiger partial charge in [-0.2, -0.15) is 5.26 Å². The van der Waals surface area contributed by atoms with Crippen LogP contribution in [0.15, 0.2) is 12.3 Å². The Hall–Kier alpha value is -2.20. The maximum absolute atomic E-state index is 10.9. The number of nitrogens with zero attached hydrogens (tertiary/aromatic N) is 3. The molecule has 1 fully saturated rings. The average molecular weight is 247 g/mol. The van der Waals surface area contributed by atoms with Crippen molar-refractivity contribution in [2.75, 3.05) is 18.4 Å². The van der Waals surface area contributed by atoms with E-state index in [4.69, 9.17) is 5.26 Å². The summed E-state index contributed by atoms with van der Waals surface area (Å²) in [5.74, 6) is 0.229. The summed E-state index contributed by atoms with van der Waals surface area (Å²) in [5, 5.41) is 25.9. The maximum atomic E-state index is 10.9. The number of nitrogens with one attached hydrogen (secondary N) is 2. The van der Waals surface area contributed by atoms with Gasteiger partial charge in [0.1, 0.15) is 6.07 Å². The summed E-state index contributed by atoms with van der Waals surface area (Å²) in [6.45, 7) is 1.74. The molecule has 1 unspecified atom stereocenters. The van der Waals surface area contributed by atoms with Gasteiger partial charge in [0.05, 0.1) is 10.5 Å². The molecule has 2 N–H and O–H groups in total. The predicted octanol–water partition coefficient (Wildman–Crippen LogP) is 1.03. The van der Waals surface area contributed by atoms with Crippen molar-refractivity contribution in [2.24, 2.45) is 0 Å². The van der Waals surface area contributed by atoms with Crippen LogP contribution in [0.25, 0.3) is 0 Å². The van der Waals surface area contributed by atoms with E-state index in [1.54, 1.807) is 0 Å². The summed E-state index contributed by atoms with van der Waals surface area (Å²) in [4.78, 5) is 14.4. The molecule has 2 rings (SSSR count). The molecule has 0 aliphatic carbocycles. The average Bonchev–Trinajstić information content (AvgIpc) is 2.40. The highest BCUT2D eigenvalue weighted by atomic mass is 16.6. The van der Waals surface area contributed by atoms with Crippen molar-refractivity contribution in [1.29, 1.82) is 5.26 Å². The Morgan fingerprint density at radius 2 is 2.50 bits per heavy atom. The zero-order valence-corrected chi connectivity index (χ0v) is 9.72. The van der Waals surface area contributed by atoms with Crippen molar-refractivity contribution in [3.8, 4) is 6.07 Å². The van der Waals surface area contributed by atoms with Crippen molar-refractivity contribution in [1.82, 2.24) is 10.3 Å². The fraction of sp³-hybridized carbons (Fsp3) is 0.455. The molecule has 0 saturated carbocycles. The second-order valence-corrected chi connectivity index (χ2v) is 4.15. The topological polar surface area (TPSA) is 104 Å². The van der Waals surface area contributed by atoms with E-state index >= 15 is 0 Å². The molecule has 18 heavy (non-hydrogen) atoms. The second kappa shape index (κ2) is 5.42. The number of pyridine rings is 1. The Kier molecular flexibility index (Phi) is 3.69. The number of aromatic nitrogens is 1. The van der Waals surface area contributed by atoms with Gasteiger partial charge in [0.25, 0.3) is 0 Å². The monoisotopic (exact) mass is 247 g/mol. The largest absolute Gasteiger partial charge is 0.360 e. The minimum Gasteiger partial charge on any atom is -0.360 e. The molecule has 7 heteroatoms. The van der Waals surface area contributed by atoms with E-state index in [1.165, 1.54) is 12.3 Å². The first kappa shape index (κ1) is 12.3. The van der Waals surface area contributed by atoms with Gasteiger partial charge in [-0.05, 0) is 19.4 Å². The minimum absolute atomic E-state index is 0.137. The van der Waals surface area contributed by atoms with Gasteiger partial charge in [-0.25, -0.2) is 4.98 Å². The van der Waals surface area contributed by atoms with Crippen molar-refractivity contribution in [3.05, 3.63) is 27.9 Å². The second-order valence-electron chi connectivity index (χ2n) is 4.15. The van der Waals surface area contributed by atoms with E-state index in [0.29, 0.717) is 0 Å². The normalized spacial score (nSPS) is 18.9. The Morgan fingerprint density at radius 3 is 3.11 bits per heavy atom. The van der Waals surface area contributed by atoms with Gasteiger partial charge in [0.15, 0.2) is 0 Å². The molecule has 94 valence electrons. The van der Waals surface area contributed by atoms with Crippen molar-refractivity contribution in [3.63, 3.8) is 0 Å². The number of hydrogen-bond donors (Lipinski definition) is 2. The SMILES string of the molecule is N#Cc1cnc(NC2CCCNC2)c([N+](=O)[O-])c1. The molecule has 1 aliphatic rings. The first-order valence-electron chi connectivity index (χ1n) is 5.72. The molecule has 2 heterocycles. The van der Waals surface area contributed by atoms with Crippen LogP contribution in [0.4, 0.5) is 11.5 Å². The number of nitriles is 1. The molecule has 1 saturated heterocycles. The van der Waals surface area contributed by atoms with Gasteiger partial charge in [0, 0.05) is 24.8 Å². The van der Waals surface area contributed by atoms with E-state index in [2.05, 4.69) is 15.6 Å². The van der Waals surface area contributed by atoms with Crippen molar-refractivity contribution >= 4 is 11.5 Å². The lowest BCUT2D eigenvalue weighted by molar-refractivity contribution is -0.384. The van der Waals surface area contributed by atoms with E-state index in [1.807, 2.05) is 6.07 Å². The third-order valence-corrected chi connectivity index (χ3v) is 2.83. The van der Waals surface area contributed by atoms with Crippen LogP contribution in [-0.4, -0.2) is 29.0 Å². The molecular weight excluding hydrogens is 234 g/mol. The molecule has 0 bridgehead atoms. The molecule has 1 aromatic heterocycles. The molecule has 1 atom stereocenters. The lowest BCUT2D eigenvalue weighted by atomic mass is 10.1. The van der Waals surface area contributed by atoms with Crippen molar-refractivity contribution < 1.29 is 4.92 Å². The Morgan fingerprint density at radius 1 is 1.67 bits per heavy atom. The Labute approximate surface area is 104 Å². The van der Waals surface area contributed by atoms with Gasteiger partial charge >= 0.3 is 5.69 Å². The molecule has 0 amide bonds. The van der Waals surface area contributed by atoms with Crippen LogP contribution in [0.3, 0.4) is 0 Å². The Bertz CT molecular complexity index is 491. The number of rotatable bonds is 3. The summed E-state index contributed by atoms with van der Waals surface area (Å²) in [6, 6.07) is 3.22. The number of piperidine rings is 1. The van der Waals surface area contributed by atoms with E-state index in [-0.39, 0.29) is 23.1 Å². The fourth-order valence-electron chi connectivity index (χ4n) is 1.93. The lowest BCUT2D eigenvalue weighted by Gasteiger charge is -2.24. The standard InChI is InChI=1S/C11H13N5O2/c12-5-8-4-10(16(17)18)11(14-6-8)15-9-2-1-3-13-7-9/h4,6,9,13H,1-3,7H2,(H,14,15). The number of hydrogen-bond acceptors (Lipinski definition) is 6.